The Hall–Kier alpha value is -0.260. The van der Waals surface area contributed by atoms with Gasteiger partial charge in [0.15, 0.2) is 0 Å². The van der Waals surface area contributed by atoms with Crippen LogP contribution < -0.4 is 0 Å². The number of allylic oxidation sites excluding steroid dienone is 2. The van der Waals surface area contributed by atoms with Crippen LogP contribution in [-0.4, -0.2) is 0 Å². The molecular formula is C15H30. The van der Waals surface area contributed by atoms with Crippen LogP contribution in [0.2, 0.25) is 0 Å². The molecule has 2 atom stereocenters. The Bertz CT molecular complexity index is 204. The van der Waals surface area contributed by atoms with E-state index in [1.165, 1.54) is 12.0 Å². The molecule has 15 heavy (non-hydrogen) atoms. The molecule has 0 aromatic heterocycles. The van der Waals surface area contributed by atoms with Gasteiger partial charge in [-0.15, -0.1) is 0 Å². The summed E-state index contributed by atoms with van der Waals surface area (Å²) in [6, 6.07) is 0. The van der Waals surface area contributed by atoms with Crippen molar-refractivity contribution in [3.05, 3.63) is 11.1 Å². The third-order valence-corrected chi connectivity index (χ3v) is 3.72. The first-order chi connectivity index (χ1) is 6.82. The predicted octanol–water partition coefficient (Wildman–Crippen LogP) is 5.30. The van der Waals surface area contributed by atoms with E-state index in [4.69, 9.17) is 0 Å². The summed E-state index contributed by atoms with van der Waals surface area (Å²) in [6.07, 6.45) is 1.28. The fourth-order valence-electron chi connectivity index (χ4n) is 2.72. The molecule has 0 N–H and O–H groups in total. The molecule has 0 saturated carbocycles. The van der Waals surface area contributed by atoms with E-state index in [2.05, 4.69) is 55.4 Å². The van der Waals surface area contributed by atoms with E-state index in [0.717, 1.165) is 17.8 Å². The highest BCUT2D eigenvalue weighted by atomic mass is 14.3. The third kappa shape index (κ3) is 4.01. The maximum Gasteiger partial charge on any atom is -0.0173 e. The minimum absolute atomic E-state index is 0.696. The van der Waals surface area contributed by atoms with Gasteiger partial charge in [0, 0.05) is 0 Å². The second-order valence-electron chi connectivity index (χ2n) is 5.73. The molecule has 0 rings (SSSR count). The largest absolute Gasteiger partial charge is 0.0767 e. The van der Waals surface area contributed by atoms with Gasteiger partial charge in [-0.3, -0.25) is 0 Å². The van der Waals surface area contributed by atoms with E-state index in [-0.39, 0.29) is 0 Å². The highest BCUT2D eigenvalue weighted by Gasteiger charge is 2.24. The summed E-state index contributed by atoms with van der Waals surface area (Å²) in [6.45, 7) is 18.6. The maximum atomic E-state index is 2.41. The summed E-state index contributed by atoms with van der Waals surface area (Å²) in [4.78, 5) is 0. The lowest BCUT2D eigenvalue weighted by Gasteiger charge is -2.31. The number of hydrogen-bond donors (Lipinski definition) is 0. The molecular weight excluding hydrogens is 180 g/mol. The van der Waals surface area contributed by atoms with Crippen LogP contribution in [0.3, 0.4) is 0 Å². The third-order valence-electron chi connectivity index (χ3n) is 3.72. The first-order valence-corrected chi connectivity index (χ1v) is 6.50. The normalized spacial score (nSPS) is 15.6. The van der Waals surface area contributed by atoms with E-state index < -0.39 is 0 Å². The van der Waals surface area contributed by atoms with Crippen LogP contribution in [0.4, 0.5) is 0 Å². The van der Waals surface area contributed by atoms with Crippen LogP contribution in [0.15, 0.2) is 11.1 Å². The lowest BCUT2D eigenvalue weighted by Crippen LogP contribution is -2.22. The zero-order valence-corrected chi connectivity index (χ0v) is 12.0. The maximum absolute atomic E-state index is 2.41. The quantitative estimate of drug-likeness (QED) is 0.540. The molecule has 0 aliphatic rings. The Balaban J connectivity index is 5.01. The van der Waals surface area contributed by atoms with Crippen molar-refractivity contribution >= 4 is 0 Å². The topological polar surface area (TPSA) is 0 Å². The minimum atomic E-state index is 0.696. The van der Waals surface area contributed by atoms with Crippen LogP contribution in [0.25, 0.3) is 0 Å². The van der Waals surface area contributed by atoms with E-state index in [9.17, 15) is 0 Å². The van der Waals surface area contributed by atoms with Crippen molar-refractivity contribution in [3.63, 3.8) is 0 Å². The lowest BCUT2D eigenvalue weighted by molar-refractivity contribution is 0.289. The minimum Gasteiger partial charge on any atom is -0.0767 e. The average Bonchev–Trinajstić information content (AvgIpc) is 2.10. The summed E-state index contributed by atoms with van der Waals surface area (Å²) < 4.78 is 0. The molecule has 0 aliphatic heterocycles. The smallest absolute Gasteiger partial charge is 0.0173 e. The van der Waals surface area contributed by atoms with Gasteiger partial charge in [0.1, 0.15) is 0 Å². The van der Waals surface area contributed by atoms with E-state index in [0.29, 0.717) is 5.92 Å². The first kappa shape index (κ1) is 14.7. The molecule has 0 aliphatic carbocycles. The predicted molar refractivity (Wildman–Crippen MR) is 71.0 cm³/mol. The Kier molecular flexibility index (Phi) is 6.24. The molecule has 0 nitrogen and oxygen atoms in total. The second kappa shape index (κ2) is 6.35. The highest BCUT2D eigenvalue weighted by Crippen LogP contribution is 2.35. The molecule has 0 heteroatoms. The van der Waals surface area contributed by atoms with Gasteiger partial charge in [0.2, 0.25) is 0 Å². The zero-order valence-electron chi connectivity index (χ0n) is 12.0. The van der Waals surface area contributed by atoms with Gasteiger partial charge >= 0.3 is 0 Å². The summed E-state index contributed by atoms with van der Waals surface area (Å²) >= 11 is 0. The standard InChI is InChI=1S/C15H30/c1-9-14(13(8)10(2)3)15(11(4)5)12(6)7/h10-11,13-14H,9H2,1-8H3. The Morgan fingerprint density at radius 3 is 1.60 bits per heavy atom. The van der Waals surface area contributed by atoms with Crippen molar-refractivity contribution in [3.8, 4) is 0 Å². The average molecular weight is 210 g/mol. The molecule has 0 fully saturated rings. The Labute approximate surface area is 97.2 Å². The van der Waals surface area contributed by atoms with Crippen LogP contribution in [0.5, 0.6) is 0 Å². The summed E-state index contributed by atoms with van der Waals surface area (Å²) in [5.74, 6) is 3.04. The van der Waals surface area contributed by atoms with Crippen molar-refractivity contribution in [1.29, 1.82) is 0 Å². The van der Waals surface area contributed by atoms with E-state index >= 15 is 0 Å². The molecule has 90 valence electrons. The lowest BCUT2D eigenvalue weighted by atomic mass is 9.74. The SMILES string of the molecule is CCC(C(=C(C)C)C(C)C)C(C)C(C)C. The van der Waals surface area contributed by atoms with E-state index in [1.807, 2.05) is 0 Å². The van der Waals surface area contributed by atoms with Gasteiger partial charge in [-0.1, -0.05) is 52.7 Å². The van der Waals surface area contributed by atoms with Gasteiger partial charge in [0.25, 0.3) is 0 Å². The monoisotopic (exact) mass is 210 g/mol. The molecule has 0 aromatic rings. The van der Waals surface area contributed by atoms with Crippen LogP contribution in [0, 0.1) is 23.7 Å². The highest BCUT2D eigenvalue weighted by molar-refractivity contribution is 5.16. The molecule has 0 saturated heterocycles. The van der Waals surface area contributed by atoms with Crippen molar-refractivity contribution in [2.24, 2.45) is 23.7 Å². The fraction of sp³-hybridized carbons (Fsp3) is 0.867. The van der Waals surface area contributed by atoms with Gasteiger partial charge in [-0.05, 0) is 43.9 Å². The van der Waals surface area contributed by atoms with Crippen LogP contribution in [0.1, 0.15) is 61.8 Å². The molecule has 0 radical (unpaired) electrons. The summed E-state index contributed by atoms with van der Waals surface area (Å²) in [7, 11) is 0. The van der Waals surface area contributed by atoms with Crippen molar-refractivity contribution in [1.82, 2.24) is 0 Å². The Morgan fingerprint density at radius 1 is 0.933 bits per heavy atom. The van der Waals surface area contributed by atoms with Gasteiger partial charge in [0.05, 0.1) is 0 Å². The summed E-state index contributed by atoms with van der Waals surface area (Å²) in [5.41, 5.74) is 3.23. The molecule has 2 unspecified atom stereocenters. The molecule has 0 bridgehead atoms. The van der Waals surface area contributed by atoms with Crippen molar-refractivity contribution in [2.45, 2.75) is 61.8 Å². The summed E-state index contributed by atoms with van der Waals surface area (Å²) in [5, 5.41) is 0. The van der Waals surface area contributed by atoms with Crippen LogP contribution in [-0.2, 0) is 0 Å². The van der Waals surface area contributed by atoms with Crippen molar-refractivity contribution in [2.75, 3.05) is 0 Å². The zero-order chi connectivity index (χ0) is 12.2. The van der Waals surface area contributed by atoms with Crippen LogP contribution >= 0.6 is 0 Å². The Morgan fingerprint density at radius 2 is 1.40 bits per heavy atom. The molecule has 0 heterocycles. The fourth-order valence-corrected chi connectivity index (χ4v) is 2.72. The van der Waals surface area contributed by atoms with Crippen molar-refractivity contribution < 1.29 is 0 Å². The first-order valence-electron chi connectivity index (χ1n) is 6.50. The number of hydrogen-bond acceptors (Lipinski definition) is 0. The molecule has 0 amide bonds. The molecule has 0 spiro atoms. The van der Waals surface area contributed by atoms with Gasteiger partial charge < -0.3 is 0 Å². The van der Waals surface area contributed by atoms with Gasteiger partial charge in [-0.25, -0.2) is 0 Å². The second-order valence-corrected chi connectivity index (χ2v) is 5.73. The van der Waals surface area contributed by atoms with Gasteiger partial charge in [-0.2, -0.15) is 0 Å². The molecule has 0 aromatic carbocycles. The number of rotatable bonds is 5. The van der Waals surface area contributed by atoms with E-state index in [1.54, 1.807) is 5.57 Å².